The van der Waals surface area contributed by atoms with Gasteiger partial charge in [0.05, 0.1) is 4.92 Å². The zero-order chi connectivity index (χ0) is 13.7. The lowest BCUT2D eigenvalue weighted by Crippen LogP contribution is -2.02. The summed E-state index contributed by atoms with van der Waals surface area (Å²) in [4.78, 5) is 10.4. The van der Waals surface area contributed by atoms with Gasteiger partial charge in [0.15, 0.2) is 0 Å². The predicted octanol–water partition coefficient (Wildman–Crippen LogP) is 4.29. The molecule has 1 aromatic rings. The SMILES string of the molecule is CC(C)C/C(=C/c1cccc(C(F)F)c1)[N+](=O)[O-]. The Morgan fingerprint density at radius 1 is 1.44 bits per heavy atom. The van der Waals surface area contributed by atoms with Crippen LogP contribution in [0, 0.1) is 16.0 Å². The Morgan fingerprint density at radius 3 is 2.61 bits per heavy atom. The zero-order valence-corrected chi connectivity index (χ0v) is 10.3. The molecule has 0 fully saturated rings. The highest BCUT2D eigenvalue weighted by atomic mass is 19.3. The van der Waals surface area contributed by atoms with Crippen LogP contribution < -0.4 is 0 Å². The fourth-order valence-electron chi connectivity index (χ4n) is 1.58. The van der Waals surface area contributed by atoms with Gasteiger partial charge in [0, 0.05) is 18.1 Å². The molecule has 0 heterocycles. The molecule has 0 spiro atoms. The van der Waals surface area contributed by atoms with Crippen LogP contribution in [0.15, 0.2) is 30.0 Å². The van der Waals surface area contributed by atoms with Gasteiger partial charge in [-0.1, -0.05) is 32.0 Å². The van der Waals surface area contributed by atoms with Gasteiger partial charge in [0.2, 0.25) is 5.70 Å². The average Bonchev–Trinajstić information content (AvgIpc) is 2.27. The van der Waals surface area contributed by atoms with Gasteiger partial charge in [0.25, 0.3) is 6.43 Å². The van der Waals surface area contributed by atoms with Gasteiger partial charge < -0.3 is 0 Å². The van der Waals surface area contributed by atoms with Crippen molar-refractivity contribution in [2.45, 2.75) is 26.7 Å². The first-order chi connectivity index (χ1) is 8.40. The van der Waals surface area contributed by atoms with Crippen LogP contribution >= 0.6 is 0 Å². The first kappa shape index (κ1) is 14.3. The topological polar surface area (TPSA) is 43.1 Å². The Kier molecular flexibility index (Phi) is 4.95. The van der Waals surface area contributed by atoms with Gasteiger partial charge >= 0.3 is 0 Å². The van der Waals surface area contributed by atoms with Crippen molar-refractivity contribution in [1.29, 1.82) is 0 Å². The van der Waals surface area contributed by atoms with Crippen molar-refractivity contribution in [1.82, 2.24) is 0 Å². The van der Waals surface area contributed by atoms with Crippen molar-refractivity contribution < 1.29 is 13.7 Å². The molecule has 18 heavy (non-hydrogen) atoms. The summed E-state index contributed by atoms with van der Waals surface area (Å²) >= 11 is 0. The number of halogens is 2. The number of alkyl halides is 2. The summed E-state index contributed by atoms with van der Waals surface area (Å²) in [5.41, 5.74) is 0.340. The molecular formula is C13H15F2NO2. The largest absolute Gasteiger partial charge is 0.263 e. The zero-order valence-electron chi connectivity index (χ0n) is 10.3. The number of hydrogen-bond donors (Lipinski definition) is 0. The van der Waals surface area contributed by atoms with Crippen molar-refractivity contribution in [3.8, 4) is 0 Å². The standard InChI is InChI=1S/C13H15F2NO2/c1-9(2)6-12(16(17)18)8-10-4-3-5-11(7-10)13(14)15/h3-5,7-9,13H,6H2,1-2H3/b12-8-. The first-order valence-electron chi connectivity index (χ1n) is 5.63. The minimum Gasteiger partial charge on any atom is -0.259 e. The molecule has 0 saturated carbocycles. The third-order valence-electron chi connectivity index (χ3n) is 2.35. The Morgan fingerprint density at radius 2 is 2.11 bits per heavy atom. The van der Waals surface area contributed by atoms with E-state index in [9.17, 15) is 18.9 Å². The molecule has 1 aromatic carbocycles. The van der Waals surface area contributed by atoms with Crippen molar-refractivity contribution >= 4 is 6.08 Å². The molecule has 3 nitrogen and oxygen atoms in total. The Balaban J connectivity index is 3.04. The van der Waals surface area contributed by atoms with E-state index in [-0.39, 0.29) is 17.2 Å². The molecule has 0 aliphatic carbocycles. The van der Waals surface area contributed by atoms with E-state index in [0.29, 0.717) is 12.0 Å². The second-order valence-corrected chi connectivity index (χ2v) is 4.46. The van der Waals surface area contributed by atoms with E-state index in [2.05, 4.69) is 0 Å². The van der Waals surface area contributed by atoms with Crippen molar-refractivity contribution in [3.05, 3.63) is 51.2 Å². The monoisotopic (exact) mass is 255 g/mol. The molecule has 0 aliphatic heterocycles. The summed E-state index contributed by atoms with van der Waals surface area (Å²) in [7, 11) is 0. The van der Waals surface area contributed by atoms with Gasteiger partial charge in [0.1, 0.15) is 0 Å². The molecule has 0 aliphatic rings. The molecular weight excluding hydrogens is 240 g/mol. The summed E-state index contributed by atoms with van der Waals surface area (Å²) in [6.07, 6.45) is -0.903. The van der Waals surface area contributed by atoms with Crippen LogP contribution in [0.2, 0.25) is 0 Å². The van der Waals surface area contributed by atoms with E-state index in [1.807, 2.05) is 13.8 Å². The molecule has 0 bridgehead atoms. The molecule has 0 aromatic heterocycles. The van der Waals surface area contributed by atoms with Gasteiger partial charge in [-0.15, -0.1) is 0 Å². The highest BCUT2D eigenvalue weighted by molar-refractivity contribution is 5.52. The van der Waals surface area contributed by atoms with E-state index in [1.165, 1.54) is 24.3 Å². The van der Waals surface area contributed by atoms with Crippen molar-refractivity contribution in [2.24, 2.45) is 5.92 Å². The van der Waals surface area contributed by atoms with Gasteiger partial charge in [-0.3, -0.25) is 10.1 Å². The smallest absolute Gasteiger partial charge is 0.259 e. The normalized spacial score (nSPS) is 12.2. The summed E-state index contributed by atoms with van der Waals surface area (Å²) in [6.45, 7) is 3.74. The summed E-state index contributed by atoms with van der Waals surface area (Å²) < 4.78 is 25.0. The summed E-state index contributed by atoms with van der Waals surface area (Å²) in [5, 5.41) is 10.8. The van der Waals surface area contributed by atoms with Crippen LogP contribution in [0.4, 0.5) is 8.78 Å². The van der Waals surface area contributed by atoms with Crippen LogP contribution in [-0.4, -0.2) is 4.92 Å². The third kappa shape index (κ3) is 4.24. The first-order valence-corrected chi connectivity index (χ1v) is 5.63. The lowest BCUT2D eigenvalue weighted by molar-refractivity contribution is -0.427. The quantitative estimate of drug-likeness (QED) is 0.582. The van der Waals surface area contributed by atoms with Crippen LogP contribution in [0.1, 0.15) is 37.8 Å². The maximum atomic E-state index is 12.5. The summed E-state index contributed by atoms with van der Waals surface area (Å²) in [5.74, 6) is 0.139. The Hall–Kier alpha value is -1.78. The second-order valence-electron chi connectivity index (χ2n) is 4.46. The van der Waals surface area contributed by atoms with Crippen LogP contribution in [-0.2, 0) is 0 Å². The molecule has 5 heteroatoms. The van der Waals surface area contributed by atoms with Crippen molar-refractivity contribution in [3.63, 3.8) is 0 Å². The maximum absolute atomic E-state index is 12.5. The summed E-state index contributed by atoms with van der Waals surface area (Å²) in [6, 6.07) is 5.63. The van der Waals surface area contributed by atoms with Gasteiger partial charge in [-0.2, -0.15) is 0 Å². The predicted molar refractivity (Wildman–Crippen MR) is 65.8 cm³/mol. The molecule has 1 rings (SSSR count). The maximum Gasteiger partial charge on any atom is 0.263 e. The van der Waals surface area contributed by atoms with Gasteiger partial charge in [-0.25, -0.2) is 8.78 Å². The van der Waals surface area contributed by atoms with Gasteiger partial charge in [-0.05, 0) is 17.5 Å². The number of nitro groups is 1. The third-order valence-corrected chi connectivity index (χ3v) is 2.35. The molecule has 0 atom stereocenters. The minimum absolute atomic E-state index is 0.0383. The number of nitrogens with zero attached hydrogens (tertiary/aromatic N) is 1. The van der Waals surface area contributed by atoms with Crippen LogP contribution in [0.5, 0.6) is 0 Å². The van der Waals surface area contributed by atoms with Crippen LogP contribution in [0.3, 0.4) is 0 Å². The number of hydrogen-bond acceptors (Lipinski definition) is 2. The molecule has 0 amide bonds. The van der Waals surface area contributed by atoms with Crippen LogP contribution in [0.25, 0.3) is 6.08 Å². The number of rotatable bonds is 5. The van der Waals surface area contributed by atoms with E-state index >= 15 is 0 Å². The van der Waals surface area contributed by atoms with E-state index in [4.69, 9.17) is 0 Å². The lowest BCUT2D eigenvalue weighted by atomic mass is 10.0. The molecule has 0 radical (unpaired) electrons. The minimum atomic E-state index is -2.57. The molecule has 0 unspecified atom stereocenters. The number of benzene rings is 1. The Bertz CT molecular complexity index is 456. The molecule has 0 N–H and O–H groups in total. The fraction of sp³-hybridized carbons (Fsp3) is 0.385. The van der Waals surface area contributed by atoms with E-state index in [0.717, 1.165) is 0 Å². The van der Waals surface area contributed by atoms with E-state index < -0.39 is 11.3 Å². The molecule has 0 saturated heterocycles. The highest BCUT2D eigenvalue weighted by Gasteiger charge is 2.13. The molecule has 98 valence electrons. The lowest BCUT2D eigenvalue weighted by Gasteiger charge is -2.04. The highest BCUT2D eigenvalue weighted by Crippen LogP contribution is 2.22. The Labute approximate surface area is 104 Å². The average molecular weight is 255 g/mol. The second kappa shape index (κ2) is 6.23. The number of allylic oxidation sites excluding steroid dienone is 1. The van der Waals surface area contributed by atoms with Crippen molar-refractivity contribution in [2.75, 3.05) is 0 Å². The van der Waals surface area contributed by atoms with E-state index in [1.54, 1.807) is 6.07 Å². The fourth-order valence-corrected chi connectivity index (χ4v) is 1.58.